The molecule has 4 nitrogen and oxygen atoms in total. The van der Waals surface area contributed by atoms with Crippen LogP contribution in [0.4, 0.5) is 0 Å². The number of hydrogen-bond donors (Lipinski definition) is 2. The van der Waals surface area contributed by atoms with Crippen LogP contribution in [-0.2, 0) is 0 Å². The molecule has 0 fully saturated rings. The second-order valence-corrected chi connectivity index (χ2v) is 6.22. The summed E-state index contributed by atoms with van der Waals surface area (Å²) in [5.74, 6) is -0.211. The van der Waals surface area contributed by atoms with Gasteiger partial charge in [0.25, 0.3) is 5.91 Å². The fourth-order valence-electron chi connectivity index (χ4n) is 1.31. The molecule has 2 aromatic rings. The minimum atomic E-state index is -0.278. The van der Waals surface area contributed by atoms with Crippen LogP contribution in [0.25, 0.3) is 0 Å². The van der Waals surface area contributed by atoms with Crippen molar-refractivity contribution in [3.8, 4) is 5.75 Å². The second kappa shape index (κ2) is 6.31. The normalized spacial score (nSPS) is 10.8. The highest BCUT2D eigenvalue weighted by Gasteiger charge is 2.06. The van der Waals surface area contributed by atoms with Gasteiger partial charge in [-0.25, -0.2) is 5.43 Å². The van der Waals surface area contributed by atoms with E-state index in [-0.39, 0.29) is 11.7 Å². The van der Waals surface area contributed by atoms with Gasteiger partial charge in [0, 0.05) is 10.0 Å². The summed E-state index contributed by atoms with van der Waals surface area (Å²) in [6.07, 6.45) is 1.39. The van der Waals surface area contributed by atoms with Gasteiger partial charge in [-0.3, -0.25) is 4.79 Å². The van der Waals surface area contributed by atoms with Gasteiger partial charge >= 0.3 is 0 Å². The van der Waals surface area contributed by atoms with E-state index in [2.05, 4.69) is 42.4 Å². The van der Waals surface area contributed by atoms with Crippen LogP contribution in [0, 0.1) is 0 Å². The molecule has 0 atom stereocenters. The van der Waals surface area contributed by atoms with Gasteiger partial charge in [0.2, 0.25) is 0 Å². The van der Waals surface area contributed by atoms with Crippen LogP contribution in [0.5, 0.6) is 5.75 Å². The number of hydrogen-bond acceptors (Lipinski definition) is 4. The van der Waals surface area contributed by atoms with Crippen molar-refractivity contribution < 1.29 is 9.90 Å². The summed E-state index contributed by atoms with van der Waals surface area (Å²) in [5, 5.41) is 15.4. The number of halogens is 2. The van der Waals surface area contributed by atoms with Crippen LogP contribution in [0.2, 0.25) is 0 Å². The van der Waals surface area contributed by atoms with Crippen molar-refractivity contribution in [3.63, 3.8) is 0 Å². The first kappa shape index (κ1) is 14.2. The van der Waals surface area contributed by atoms with Gasteiger partial charge < -0.3 is 5.11 Å². The topological polar surface area (TPSA) is 61.7 Å². The van der Waals surface area contributed by atoms with Crippen LogP contribution in [0.1, 0.15) is 15.2 Å². The standard InChI is InChI=1S/C12H8Br2N2O2S/c13-8-4-7(11(17)9(14)5-8)6-15-16-12(18)10-2-1-3-19-10/h1-6,17H,(H,16,18). The molecule has 0 unspecified atom stereocenters. The highest BCUT2D eigenvalue weighted by molar-refractivity contribution is 9.11. The summed E-state index contributed by atoms with van der Waals surface area (Å²) in [6.45, 7) is 0. The van der Waals surface area contributed by atoms with E-state index in [9.17, 15) is 9.90 Å². The fourth-order valence-corrected chi connectivity index (χ4v) is 3.18. The first-order chi connectivity index (χ1) is 9.08. The van der Waals surface area contributed by atoms with E-state index in [1.807, 2.05) is 5.38 Å². The van der Waals surface area contributed by atoms with Crippen molar-refractivity contribution >= 4 is 55.3 Å². The molecule has 2 N–H and O–H groups in total. The van der Waals surface area contributed by atoms with Crippen LogP contribution >= 0.6 is 43.2 Å². The Balaban J connectivity index is 2.09. The van der Waals surface area contributed by atoms with Crippen molar-refractivity contribution in [2.24, 2.45) is 5.10 Å². The fraction of sp³-hybridized carbons (Fsp3) is 0. The van der Waals surface area contributed by atoms with E-state index in [4.69, 9.17) is 0 Å². The summed E-state index contributed by atoms with van der Waals surface area (Å²) in [4.78, 5) is 12.2. The molecule has 1 amide bonds. The summed E-state index contributed by atoms with van der Waals surface area (Å²) in [5.41, 5.74) is 2.89. The lowest BCUT2D eigenvalue weighted by Gasteiger charge is -2.02. The number of phenolic OH excluding ortho intramolecular Hbond substituents is 1. The summed E-state index contributed by atoms with van der Waals surface area (Å²) in [6, 6.07) is 6.92. The number of phenols is 1. The van der Waals surface area contributed by atoms with Crippen molar-refractivity contribution in [1.82, 2.24) is 5.43 Å². The molecule has 0 aliphatic carbocycles. The van der Waals surface area contributed by atoms with Gasteiger partial charge in [0.15, 0.2) is 0 Å². The average Bonchev–Trinajstić information content (AvgIpc) is 2.88. The number of nitrogens with one attached hydrogen (secondary N) is 1. The molecule has 2 rings (SSSR count). The van der Waals surface area contributed by atoms with Crippen molar-refractivity contribution in [2.75, 3.05) is 0 Å². The minimum Gasteiger partial charge on any atom is -0.506 e. The molecule has 0 saturated carbocycles. The van der Waals surface area contributed by atoms with Crippen molar-refractivity contribution in [3.05, 3.63) is 49.0 Å². The summed E-state index contributed by atoms with van der Waals surface area (Å²) < 4.78 is 1.34. The lowest BCUT2D eigenvalue weighted by molar-refractivity contribution is 0.0959. The summed E-state index contributed by atoms with van der Waals surface area (Å²) >= 11 is 7.87. The molecule has 0 aliphatic rings. The number of hydrazone groups is 1. The van der Waals surface area contributed by atoms with Gasteiger partial charge in [-0.15, -0.1) is 11.3 Å². The molecular weight excluding hydrogens is 396 g/mol. The van der Waals surface area contributed by atoms with Crippen LogP contribution in [-0.4, -0.2) is 17.2 Å². The number of carbonyl (C=O) groups is 1. The third-order valence-corrected chi connectivity index (χ3v) is 4.10. The lowest BCUT2D eigenvalue weighted by atomic mass is 10.2. The largest absolute Gasteiger partial charge is 0.506 e. The number of benzene rings is 1. The molecule has 1 aromatic heterocycles. The van der Waals surface area contributed by atoms with Gasteiger partial charge in [-0.2, -0.15) is 5.10 Å². The molecule has 0 spiro atoms. The molecule has 0 bridgehead atoms. The van der Waals surface area contributed by atoms with Crippen LogP contribution in [0.3, 0.4) is 0 Å². The minimum absolute atomic E-state index is 0.0670. The zero-order valence-corrected chi connectivity index (χ0v) is 13.4. The van der Waals surface area contributed by atoms with E-state index in [1.54, 1.807) is 24.3 Å². The van der Waals surface area contributed by atoms with Gasteiger partial charge in [0.05, 0.1) is 15.6 Å². The Bertz CT molecular complexity index is 627. The molecule has 98 valence electrons. The smallest absolute Gasteiger partial charge is 0.281 e. The second-order valence-electron chi connectivity index (χ2n) is 3.50. The quantitative estimate of drug-likeness (QED) is 0.605. The predicted octanol–water partition coefficient (Wildman–Crippen LogP) is 3.74. The number of thiophene rings is 1. The Labute approximate surface area is 130 Å². The molecule has 0 saturated heterocycles. The molecule has 7 heteroatoms. The Kier molecular flexibility index (Phi) is 4.73. The third kappa shape index (κ3) is 3.65. The zero-order valence-electron chi connectivity index (χ0n) is 9.43. The molecule has 0 aliphatic heterocycles. The number of amides is 1. The highest BCUT2D eigenvalue weighted by Crippen LogP contribution is 2.30. The van der Waals surface area contributed by atoms with Crippen LogP contribution < -0.4 is 5.43 Å². The molecule has 0 radical (unpaired) electrons. The Morgan fingerprint density at radius 2 is 2.21 bits per heavy atom. The van der Waals surface area contributed by atoms with Crippen LogP contribution in [0.15, 0.2) is 43.7 Å². The maximum absolute atomic E-state index is 11.6. The highest BCUT2D eigenvalue weighted by atomic mass is 79.9. The molecule has 1 aromatic carbocycles. The van der Waals surface area contributed by atoms with Crippen molar-refractivity contribution in [1.29, 1.82) is 0 Å². The monoisotopic (exact) mass is 402 g/mol. The molecule has 19 heavy (non-hydrogen) atoms. The molecule has 1 heterocycles. The van der Waals surface area contributed by atoms with E-state index >= 15 is 0 Å². The van der Waals surface area contributed by atoms with E-state index in [0.29, 0.717) is 14.9 Å². The Morgan fingerprint density at radius 3 is 2.89 bits per heavy atom. The van der Waals surface area contributed by atoms with Gasteiger partial charge in [-0.1, -0.05) is 22.0 Å². The first-order valence-electron chi connectivity index (χ1n) is 5.13. The number of aromatic hydroxyl groups is 1. The maximum atomic E-state index is 11.6. The maximum Gasteiger partial charge on any atom is 0.281 e. The zero-order chi connectivity index (χ0) is 13.8. The Hall–Kier alpha value is -1.18. The first-order valence-corrected chi connectivity index (χ1v) is 7.59. The number of rotatable bonds is 3. The molecular formula is C12H8Br2N2O2S. The van der Waals surface area contributed by atoms with E-state index in [0.717, 1.165) is 4.47 Å². The predicted molar refractivity (Wildman–Crippen MR) is 82.9 cm³/mol. The van der Waals surface area contributed by atoms with Gasteiger partial charge in [-0.05, 0) is 39.5 Å². The van der Waals surface area contributed by atoms with E-state index < -0.39 is 0 Å². The average molecular weight is 404 g/mol. The van der Waals surface area contributed by atoms with Crippen molar-refractivity contribution in [2.45, 2.75) is 0 Å². The van der Waals surface area contributed by atoms with Gasteiger partial charge in [0.1, 0.15) is 5.75 Å². The third-order valence-electron chi connectivity index (χ3n) is 2.17. The number of nitrogens with zero attached hydrogens (tertiary/aromatic N) is 1. The van der Waals surface area contributed by atoms with E-state index in [1.165, 1.54) is 17.6 Å². The Morgan fingerprint density at radius 1 is 1.42 bits per heavy atom. The lowest BCUT2D eigenvalue weighted by Crippen LogP contribution is -2.16. The SMILES string of the molecule is O=C(NN=Cc1cc(Br)cc(Br)c1O)c1cccs1. The summed E-state index contributed by atoms with van der Waals surface area (Å²) in [7, 11) is 0. The number of carbonyl (C=O) groups excluding carboxylic acids is 1.